The molecule has 1 aromatic carbocycles. The van der Waals surface area contributed by atoms with Gasteiger partial charge in [-0.15, -0.1) is 0 Å². The fourth-order valence-electron chi connectivity index (χ4n) is 1.66. The SMILES string of the molecule is O=C(CCc1ccncc1)Nc1cc(Cl)cc(Cl)c1. The second kappa shape index (κ2) is 6.55. The molecule has 19 heavy (non-hydrogen) atoms. The summed E-state index contributed by atoms with van der Waals surface area (Å²) >= 11 is 11.7. The largest absolute Gasteiger partial charge is 0.326 e. The van der Waals surface area contributed by atoms with Crippen molar-refractivity contribution in [2.24, 2.45) is 0 Å². The first kappa shape index (κ1) is 13.8. The van der Waals surface area contributed by atoms with Crippen LogP contribution < -0.4 is 5.32 Å². The highest BCUT2D eigenvalue weighted by Crippen LogP contribution is 2.22. The van der Waals surface area contributed by atoms with Gasteiger partial charge >= 0.3 is 0 Å². The van der Waals surface area contributed by atoms with Crippen molar-refractivity contribution in [3.63, 3.8) is 0 Å². The highest BCUT2D eigenvalue weighted by atomic mass is 35.5. The molecule has 0 unspecified atom stereocenters. The number of hydrogen-bond donors (Lipinski definition) is 1. The summed E-state index contributed by atoms with van der Waals surface area (Å²) in [7, 11) is 0. The first-order chi connectivity index (χ1) is 9.13. The van der Waals surface area contributed by atoms with Crippen molar-refractivity contribution >= 4 is 34.8 Å². The molecule has 0 aliphatic rings. The number of amides is 1. The number of carbonyl (C=O) groups excluding carboxylic acids is 1. The van der Waals surface area contributed by atoms with Gasteiger partial charge in [-0.05, 0) is 42.3 Å². The van der Waals surface area contributed by atoms with Crippen molar-refractivity contribution in [1.29, 1.82) is 0 Å². The van der Waals surface area contributed by atoms with Crippen molar-refractivity contribution in [3.05, 3.63) is 58.3 Å². The first-order valence-corrected chi connectivity index (χ1v) is 6.54. The molecule has 0 radical (unpaired) electrons. The van der Waals surface area contributed by atoms with E-state index >= 15 is 0 Å². The molecule has 0 aliphatic heterocycles. The van der Waals surface area contributed by atoms with Crippen LogP contribution in [0.4, 0.5) is 5.69 Å². The van der Waals surface area contributed by atoms with Crippen molar-refractivity contribution in [1.82, 2.24) is 4.98 Å². The molecule has 5 heteroatoms. The van der Waals surface area contributed by atoms with E-state index in [2.05, 4.69) is 10.3 Å². The highest BCUT2D eigenvalue weighted by Gasteiger charge is 2.05. The maximum Gasteiger partial charge on any atom is 0.224 e. The third-order valence-corrected chi connectivity index (χ3v) is 2.97. The summed E-state index contributed by atoms with van der Waals surface area (Å²) in [5, 5.41) is 3.76. The number of carbonyl (C=O) groups is 1. The Labute approximate surface area is 121 Å². The summed E-state index contributed by atoms with van der Waals surface area (Å²) in [6.45, 7) is 0. The molecule has 98 valence electrons. The third kappa shape index (κ3) is 4.54. The second-order valence-electron chi connectivity index (χ2n) is 4.06. The molecule has 3 nitrogen and oxygen atoms in total. The number of nitrogens with zero attached hydrogens (tertiary/aromatic N) is 1. The zero-order valence-corrected chi connectivity index (χ0v) is 11.6. The molecule has 0 spiro atoms. The Bertz CT molecular complexity index is 553. The summed E-state index contributed by atoms with van der Waals surface area (Å²) < 4.78 is 0. The number of anilines is 1. The van der Waals surface area contributed by atoms with Crippen molar-refractivity contribution in [3.8, 4) is 0 Å². The fraction of sp³-hybridized carbons (Fsp3) is 0.143. The number of hydrogen-bond acceptors (Lipinski definition) is 2. The van der Waals surface area contributed by atoms with Gasteiger partial charge < -0.3 is 5.32 Å². The average Bonchev–Trinajstić information content (AvgIpc) is 2.36. The number of pyridine rings is 1. The standard InChI is InChI=1S/C14H12Cl2N2O/c15-11-7-12(16)9-13(8-11)18-14(19)2-1-10-3-5-17-6-4-10/h3-9H,1-2H2,(H,18,19). The Kier molecular flexibility index (Phi) is 4.77. The van der Waals surface area contributed by atoms with Gasteiger partial charge in [-0.2, -0.15) is 0 Å². The van der Waals surface area contributed by atoms with E-state index in [-0.39, 0.29) is 5.91 Å². The molecule has 0 atom stereocenters. The van der Waals surface area contributed by atoms with Crippen molar-refractivity contribution in [2.45, 2.75) is 12.8 Å². The van der Waals surface area contributed by atoms with Crippen LogP contribution >= 0.6 is 23.2 Å². The molecule has 1 aromatic heterocycles. The lowest BCUT2D eigenvalue weighted by molar-refractivity contribution is -0.116. The lowest BCUT2D eigenvalue weighted by Crippen LogP contribution is -2.12. The van der Waals surface area contributed by atoms with Crippen LogP contribution in [0.5, 0.6) is 0 Å². The highest BCUT2D eigenvalue weighted by molar-refractivity contribution is 6.35. The number of rotatable bonds is 4. The van der Waals surface area contributed by atoms with Crippen LogP contribution in [-0.2, 0) is 11.2 Å². The normalized spacial score (nSPS) is 10.2. The molecule has 2 aromatic rings. The Balaban J connectivity index is 1.91. The van der Waals surface area contributed by atoms with Gasteiger partial charge in [-0.3, -0.25) is 9.78 Å². The Morgan fingerprint density at radius 3 is 2.37 bits per heavy atom. The van der Waals surface area contributed by atoms with Gasteiger partial charge in [-0.25, -0.2) is 0 Å². The minimum atomic E-state index is -0.0739. The van der Waals surface area contributed by atoms with E-state index in [4.69, 9.17) is 23.2 Å². The van der Waals surface area contributed by atoms with Crippen LogP contribution in [0.25, 0.3) is 0 Å². The summed E-state index contributed by atoms with van der Waals surface area (Å²) in [5.41, 5.74) is 1.69. The Morgan fingerprint density at radius 2 is 1.74 bits per heavy atom. The zero-order chi connectivity index (χ0) is 13.7. The van der Waals surface area contributed by atoms with E-state index in [9.17, 15) is 4.79 Å². The predicted molar refractivity (Wildman–Crippen MR) is 77.6 cm³/mol. The molecule has 1 heterocycles. The second-order valence-corrected chi connectivity index (χ2v) is 4.93. The predicted octanol–water partition coefficient (Wildman–Crippen LogP) is 3.96. The molecule has 0 aliphatic carbocycles. The molecule has 0 saturated heterocycles. The van der Waals surface area contributed by atoms with E-state index in [1.165, 1.54) is 0 Å². The van der Waals surface area contributed by atoms with E-state index in [0.717, 1.165) is 5.56 Å². The lowest BCUT2D eigenvalue weighted by Gasteiger charge is -2.06. The molecule has 2 rings (SSSR count). The van der Waals surface area contributed by atoms with E-state index in [1.807, 2.05) is 12.1 Å². The number of aryl methyl sites for hydroxylation is 1. The van der Waals surface area contributed by atoms with Gasteiger partial charge in [0.05, 0.1) is 0 Å². The monoisotopic (exact) mass is 294 g/mol. The molecule has 0 bridgehead atoms. The lowest BCUT2D eigenvalue weighted by atomic mass is 10.1. The van der Waals surface area contributed by atoms with Gasteiger partial charge in [0.15, 0.2) is 0 Å². The summed E-state index contributed by atoms with van der Waals surface area (Å²) in [6.07, 6.45) is 4.49. The number of nitrogens with one attached hydrogen (secondary N) is 1. The Morgan fingerprint density at radius 1 is 1.11 bits per heavy atom. The molecule has 0 fully saturated rings. The topological polar surface area (TPSA) is 42.0 Å². The van der Waals surface area contributed by atoms with Crippen molar-refractivity contribution in [2.75, 3.05) is 5.32 Å². The van der Waals surface area contributed by atoms with E-state index in [0.29, 0.717) is 28.6 Å². The van der Waals surface area contributed by atoms with Crippen molar-refractivity contribution < 1.29 is 4.79 Å². The van der Waals surface area contributed by atoms with Crippen LogP contribution in [0.2, 0.25) is 10.0 Å². The zero-order valence-electron chi connectivity index (χ0n) is 10.1. The average molecular weight is 295 g/mol. The van der Waals surface area contributed by atoms with Crippen LogP contribution in [0.15, 0.2) is 42.7 Å². The minimum absolute atomic E-state index is 0.0739. The van der Waals surface area contributed by atoms with Crippen LogP contribution in [0, 0.1) is 0 Å². The number of aromatic nitrogens is 1. The maximum absolute atomic E-state index is 11.8. The smallest absolute Gasteiger partial charge is 0.224 e. The maximum atomic E-state index is 11.8. The Hall–Kier alpha value is -1.58. The van der Waals surface area contributed by atoms with Gasteiger partial charge in [-0.1, -0.05) is 23.2 Å². The summed E-state index contributed by atoms with van der Waals surface area (Å²) in [6, 6.07) is 8.73. The third-order valence-electron chi connectivity index (χ3n) is 2.54. The van der Waals surface area contributed by atoms with Crippen LogP contribution in [-0.4, -0.2) is 10.9 Å². The summed E-state index contributed by atoms with van der Waals surface area (Å²) in [5.74, 6) is -0.0739. The molecule has 1 amide bonds. The molecular formula is C14H12Cl2N2O. The molecular weight excluding hydrogens is 283 g/mol. The first-order valence-electron chi connectivity index (χ1n) is 5.78. The quantitative estimate of drug-likeness (QED) is 0.927. The molecule has 0 saturated carbocycles. The number of halogens is 2. The van der Waals surface area contributed by atoms with E-state index < -0.39 is 0 Å². The summed E-state index contributed by atoms with van der Waals surface area (Å²) in [4.78, 5) is 15.7. The number of benzene rings is 1. The van der Waals surface area contributed by atoms with E-state index in [1.54, 1.807) is 30.6 Å². The van der Waals surface area contributed by atoms with Crippen LogP contribution in [0.1, 0.15) is 12.0 Å². The van der Waals surface area contributed by atoms with Gasteiger partial charge in [0.1, 0.15) is 0 Å². The fourth-order valence-corrected chi connectivity index (χ4v) is 2.18. The van der Waals surface area contributed by atoms with Gasteiger partial charge in [0.25, 0.3) is 0 Å². The minimum Gasteiger partial charge on any atom is -0.326 e. The van der Waals surface area contributed by atoms with Gasteiger partial charge in [0, 0.05) is 34.5 Å². The molecule has 1 N–H and O–H groups in total. The van der Waals surface area contributed by atoms with Gasteiger partial charge in [0.2, 0.25) is 5.91 Å². The van der Waals surface area contributed by atoms with Crippen LogP contribution in [0.3, 0.4) is 0 Å².